The van der Waals surface area contributed by atoms with Gasteiger partial charge in [0.2, 0.25) is 4.77 Å². The number of aromatic nitrogens is 3. The minimum absolute atomic E-state index is 0.481. The zero-order chi connectivity index (χ0) is 11.8. The molecule has 0 aliphatic carbocycles. The van der Waals surface area contributed by atoms with Gasteiger partial charge in [0.25, 0.3) is 0 Å². The summed E-state index contributed by atoms with van der Waals surface area (Å²) < 4.78 is 0.481. The molecule has 5 heteroatoms. The van der Waals surface area contributed by atoms with E-state index >= 15 is 0 Å². The molecule has 1 aromatic carbocycles. The van der Waals surface area contributed by atoms with Crippen molar-refractivity contribution in [2.45, 2.75) is 20.4 Å². The van der Waals surface area contributed by atoms with Gasteiger partial charge in [0, 0.05) is 5.69 Å². The fraction of sp³-hybridized carbons (Fsp3) is 0.273. The smallest absolute Gasteiger partial charge is 0.213 e. The predicted octanol–water partition coefficient (Wildman–Crippen LogP) is 3.11. The lowest BCUT2D eigenvalue weighted by atomic mass is 10.3. The van der Waals surface area contributed by atoms with E-state index in [0.717, 1.165) is 11.5 Å². The highest BCUT2D eigenvalue weighted by Gasteiger charge is 1.95. The molecule has 1 aromatic heterocycles. The van der Waals surface area contributed by atoms with Crippen LogP contribution in [0, 0.1) is 4.77 Å². The second-order valence-electron chi connectivity index (χ2n) is 2.83. The van der Waals surface area contributed by atoms with Crippen LogP contribution in [0.5, 0.6) is 0 Å². The topological polar surface area (TPSA) is 56.5 Å². The maximum absolute atomic E-state index is 4.84. The number of nitrogens with zero attached hydrogens (tertiary/aromatic N) is 1. The summed E-state index contributed by atoms with van der Waals surface area (Å²) in [5, 5.41) is 8.83. The molecule has 2 aromatic rings. The molecule has 0 saturated heterocycles. The summed E-state index contributed by atoms with van der Waals surface area (Å²) in [6.07, 6.45) is 0. The summed E-state index contributed by atoms with van der Waals surface area (Å²) in [7, 11) is 0. The van der Waals surface area contributed by atoms with Crippen LogP contribution in [0.3, 0.4) is 0 Å². The second kappa shape index (κ2) is 6.79. The van der Waals surface area contributed by atoms with E-state index in [1.54, 1.807) is 0 Å². The molecule has 0 radical (unpaired) electrons. The van der Waals surface area contributed by atoms with Crippen LogP contribution >= 0.6 is 12.2 Å². The molecular weight excluding hydrogens is 220 g/mol. The van der Waals surface area contributed by atoms with E-state index in [9.17, 15) is 0 Å². The van der Waals surface area contributed by atoms with Crippen molar-refractivity contribution in [2.24, 2.45) is 0 Å². The summed E-state index contributed by atoms with van der Waals surface area (Å²) in [6, 6.07) is 9.94. The third-order valence-corrected chi connectivity index (χ3v) is 1.98. The first-order chi connectivity index (χ1) is 7.84. The van der Waals surface area contributed by atoms with Gasteiger partial charge in [-0.05, 0) is 24.4 Å². The molecule has 16 heavy (non-hydrogen) atoms. The Labute approximate surface area is 100 Å². The van der Waals surface area contributed by atoms with Crippen LogP contribution in [0.2, 0.25) is 0 Å². The minimum atomic E-state index is 0.481. The third kappa shape index (κ3) is 3.86. The number of benzene rings is 1. The highest BCUT2D eigenvalue weighted by atomic mass is 32.1. The SMILES string of the molecule is CC.S=c1nc(CNc2ccccc2)[nH][nH]1. The van der Waals surface area contributed by atoms with Crippen LogP contribution < -0.4 is 5.32 Å². The maximum atomic E-state index is 4.84. The third-order valence-electron chi connectivity index (χ3n) is 1.78. The van der Waals surface area contributed by atoms with E-state index in [1.165, 1.54) is 0 Å². The molecule has 0 fully saturated rings. The first kappa shape index (κ1) is 12.4. The summed E-state index contributed by atoms with van der Waals surface area (Å²) in [4.78, 5) is 4.07. The molecule has 0 aliphatic heterocycles. The lowest BCUT2D eigenvalue weighted by molar-refractivity contribution is 0.954. The monoisotopic (exact) mass is 236 g/mol. The zero-order valence-corrected chi connectivity index (χ0v) is 10.3. The minimum Gasteiger partial charge on any atom is -0.378 e. The second-order valence-corrected chi connectivity index (χ2v) is 3.22. The molecule has 0 amide bonds. The molecule has 0 atom stereocenters. The number of rotatable bonds is 3. The Morgan fingerprint density at radius 1 is 1.19 bits per heavy atom. The van der Waals surface area contributed by atoms with Gasteiger partial charge in [0.1, 0.15) is 5.82 Å². The van der Waals surface area contributed by atoms with Crippen molar-refractivity contribution in [2.75, 3.05) is 5.32 Å². The van der Waals surface area contributed by atoms with Gasteiger partial charge in [-0.3, -0.25) is 10.2 Å². The number of hydrogen-bond acceptors (Lipinski definition) is 3. The molecule has 0 unspecified atom stereocenters. The highest BCUT2D eigenvalue weighted by molar-refractivity contribution is 7.71. The standard InChI is InChI=1S/C9H10N4S.C2H6/c14-9-11-8(12-13-9)6-10-7-4-2-1-3-5-7;1-2/h1-5,10H,6H2,(H2,11,12,13,14);1-2H3. The van der Waals surface area contributed by atoms with Crippen LogP contribution in [-0.2, 0) is 6.54 Å². The van der Waals surface area contributed by atoms with Gasteiger partial charge in [0.15, 0.2) is 0 Å². The molecule has 1 heterocycles. The molecule has 0 bridgehead atoms. The Hall–Kier alpha value is -1.62. The van der Waals surface area contributed by atoms with Crippen LogP contribution in [-0.4, -0.2) is 15.2 Å². The Morgan fingerprint density at radius 2 is 1.88 bits per heavy atom. The molecule has 2 rings (SSSR count). The van der Waals surface area contributed by atoms with E-state index in [4.69, 9.17) is 12.2 Å². The highest BCUT2D eigenvalue weighted by Crippen LogP contribution is 2.05. The lowest BCUT2D eigenvalue weighted by Gasteiger charge is -2.02. The van der Waals surface area contributed by atoms with Crippen LogP contribution in [0.25, 0.3) is 0 Å². The first-order valence-electron chi connectivity index (χ1n) is 5.27. The van der Waals surface area contributed by atoms with Crippen molar-refractivity contribution in [3.05, 3.63) is 40.9 Å². The zero-order valence-electron chi connectivity index (χ0n) is 9.45. The molecule has 0 spiro atoms. The predicted molar refractivity (Wildman–Crippen MR) is 68.9 cm³/mol. The molecule has 3 N–H and O–H groups in total. The molecular formula is C11H16N4S. The van der Waals surface area contributed by atoms with Crippen LogP contribution in [0.1, 0.15) is 19.7 Å². The average Bonchev–Trinajstić information content (AvgIpc) is 2.77. The molecule has 0 saturated carbocycles. The van der Waals surface area contributed by atoms with Gasteiger partial charge in [-0.25, -0.2) is 4.98 Å². The number of anilines is 1. The van der Waals surface area contributed by atoms with Crippen molar-refractivity contribution in [1.29, 1.82) is 0 Å². The Balaban J connectivity index is 0.000000606. The number of aromatic amines is 2. The number of nitrogens with one attached hydrogen (secondary N) is 3. The van der Waals surface area contributed by atoms with E-state index < -0.39 is 0 Å². The lowest BCUT2D eigenvalue weighted by Crippen LogP contribution is -2.00. The van der Waals surface area contributed by atoms with Gasteiger partial charge < -0.3 is 5.32 Å². The Kier molecular flexibility index (Phi) is 5.28. The van der Waals surface area contributed by atoms with Gasteiger partial charge >= 0.3 is 0 Å². The van der Waals surface area contributed by atoms with Crippen molar-refractivity contribution in [1.82, 2.24) is 15.2 Å². The fourth-order valence-electron chi connectivity index (χ4n) is 1.13. The van der Waals surface area contributed by atoms with E-state index in [0.29, 0.717) is 11.3 Å². The van der Waals surface area contributed by atoms with Crippen LogP contribution in [0.15, 0.2) is 30.3 Å². The quantitative estimate of drug-likeness (QED) is 0.718. The summed E-state index contributed by atoms with van der Waals surface area (Å²) in [5.74, 6) is 0.804. The van der Waals surface area contributed by atoms with E-state index in [-0.39, 0.29) is 0 Å². The van der Waals surface area contributed by atoms with Gasteiger partial charge in [0.05, 0.1) is 6.54 Å². The maximum Gasteiger partial charge on any atom is 0.213 e. The van der Waals surface area contributed by atoms with Crippen molar-refractivity contribution >= 4 is 17.9 Å². The number of H-pyrrole nitrogens is 2. The van der Waals surface area contributed by atoms with E-state index in [1.807, 2.05) is 44.2 Å². The summed E-state index contributed by atoms with van der Waals surface area (Å²) in [6.45, 7) is 4.64. The normalized spacial score (nSPS) is 9.12. The van der Waals surface area contributed by atoms with E-state index in [2.05, 4.69) is 20.5 Å². The van der Waals surface area contributed by atoms with Crippen molar-refractivity contribution in [3.8, 4) is 0 Å². The Bertz CT molecular complexity index is 446. The summed E-state index contributed by atoms with van der Waals surface area (Å²) in [5.41, 5.74) is 1.06. The van der Waals surface area contributed by atoms with Crippen molar-refractivity contribution in [3.63, 3.8) is 0 Å². The van der Waals surface area contributed by atoms with Gasteiger partial charge in [-0.15, -0.1) is 0 Å². The summed E-state index contributed by atoms with van der Waals surface area (Å²) >= 11 is 4.84. The molecule has 86 valence electrons. The van der Waals surface area contributed by atoms with Crippen molar-refractivity contribution < 1.29 is 0 Å². The van der Waals surface area contributed by atoms with Crippen LogP contribution in [0.4, 0.5) is 5.69 Å². The Morgan fingerprint density at radius 3 is 2.44 bits per heavy atom. The molecule has 0 aliphatic rings. The fourth-order valence-corrected chi connectivity index (χ4v) is 1.29. The van der Waals surface area contributed by atoms with Gasteiger partial charge in [-0.2, -0.15) is 0 Å². The molecule has 4 nitrogen and oxygen atoms in total. The largest absolute Gasteiger partial charge is 0.378 e. The first-order valence-corrected chi connectivity index (χ1v) is 5.68. The van der Waals surface area contributed by atoms with Gasteiger partial charge in [-0.1, -0.05) is 32.0 Å². The number of hydrogen-bond donors (Lipinski definition) is 3. The average molecular weight is 236 g/mol. The number of para-hydroxylation sites is 1.